The number of methoxy groups -OCH3 is 1. The van der Waals surface area contributed by atoms with Gasteiger partial charge in [-0.15, -0.1) is 11.6 Å². The van der Waals surface area contributed by atoms with Gasteiger partial charge in [-0.2, -0.15) is 0 Å². The first-order valence-corrected chi connectivity index (χ1v) is 6.61. The van der Waals surface area contributed by atoms with E-state index in [0.29, 0.717) is 11.3 Å². The Bertz CT molecular complexity index is 473. The lowest BCUT2D eigenvalue weighted by Crippen LogP contribution is -2.45. The van der Waals surface area contributed by atoms with E-state index < -0.39 is 23.3 Å². The van der Waals surface area contributed by atoms with Gasteiger partial charge in [0.2, 0.25) is 5.91 Å². The van der Waals surface area contributed by atoms with Crippen molar-refractivity contribution in [2.45, 2.75) is 25.3 Å². The van der Waals surface area contributed by atoms with Crippen LogP contribution >= 0.6 is 11.6 Å². The molecule has 0 radical (unpaired) electrons. The number of alkyl halides is 1. The van der Waals surface area contributed by atoms with Crippen LogP contribution in [0.15, 0.2) is 24.3 Å². The monoisotopic (exact) mass is 299 g/mol. The third kappa shape index (κ3) is 4.13. The first kappa shape index (κ1) is 16.3. The highest BCUT2D eigenvalue weighted by molar-refractivity contribution is 6.30. The van der Waals surface area contributed by atoms with Gasteiger partial charge in [-0.05, 0) is 23.6 Å². The van der Waals surface area contributed by atoms with Crippen molar-refractivity contribution in [3.63, 3.8) is 0 Å². The maximum atomic E-state index is 12.0. The van der Waals surface area contributed by atoms with Gasteiger partial charge in [0.05, 0.1) is 7.11 Å². The lowest BCUT2D eigenvalue weighted by Gasteiger charge is -2.20. The molecule has 20 heavy (non-hydrogen) atoms. The molecule has 0 saturated heterocycles. The third-order valence-electron chi connectivity index (χ3n) is 2.87. The Balaban J connectivity index is 2.77. The number of carbonyl (C=O) groups excluding carboxylic acids is 1. The number of halogens is 1. The number of amides is 1. The van der Waals surface area contributed by atoms with Crippen molar-refractivity contribution in [3.8, 4) is 5.75 Å². The molecule has 0 aliphatic heterocycles. The fourth-order valence-electron chi connectivity index (χ4n) is 1.66. The molecule has 0 spiro atoms. The molecule has 0 bridgehead atoms. The van der Waals surface area contributed by atoms with Crippen LogP contribution in [-0.4, -0.2) is 30.1 Å². The van der Waals surface area contributed by atoms with Crippen molar-refractivity contribution in [3.05, 3.63) is 29.8 Å². The van der Waals surface area contributed by atoms with E-state index in [4.69, 9.17) is 21.4 Å². The molecular formula is C14H18ClNO4. The topological polar surface area (TPSA) is 75.6 Å². The minimum absolute atomic E-state index is 0.226. The molecule has 0 aliphatic rings. The minimum atomic E-state index is -1.08. The standard InChI is InChI=1S/C14H18ClNO4/c1-8(2)12(14(18)19)16-13(17)11(15)9-4-6-10(20-3)7-5-9/h4-8,11-12H,1-3H3,(H,16,17)(H,18,19). The third-order valence-corrected chi connectivity index (χ3v) is 3.32. The zero-order valence-electron chi connectivity index (χ0n) is 11.6. The summed E-state index contributed by atoms with van der Waals surface area (Å²) < 4.78 is 5.02. The molecule has 5 nitrogen and oxygen atoms in total. The average Bonchev–Trinajstić information content (AvgIpc) is 2.43. The Morgan fingerprint density at radius 3 is 2.20 bits per heavy atom. The molecule has 1 amide bonds. The van der Waals surface area contributed by atoms with Gasteiger partial charge in [0, 0.05) is 0 Å². The zero-order chi connectivity index (χ0) is 15.3. The molecule has 6 heteroatoms. The molecule has 1 aromatic carbocycles. The van der Waals surface area contributed by atoms with Gasteiger partial charge in [0.15, 0.2) is 0 Å². The van der Waals surface area contributed by atoms with Crippen LogP contribution in [0.2, 0.25) is 0 Å². The molecule has 0 aliphatic carbocycles. The van der Waals surface area contributed by atoms with E-state index in [1.807, 2.05) is 0 Å². The zero-order valence-corrected chi connectivity index (χ0v) is 12.3. The molecule has 1 aromatic rings. The summed E-state index contributed by atoms with van der Waals surface area (Å²) in [7, 11) is 1.54. The number of hydrogen-bond acceptors (Lipinski definition) is 3. The van der Waals surface area contributed by atoms with E-state index in [-0.39, 0.29) is 5.92 Å². The van der Waals surface area contributed by atoms with E-state index in [1.54, 1.807) is 45.2 Å². The summed E-state index contributed by atoms with van der Waals surface area (Å²) in [6.45, 7) is 3.44. The Morgan fingerprint density at radius 2 is 1.80 bits per heavy atom. The van der Waals surface area contributed by atoms with Crippen LogP contribution in [0.25, 0.3) is 0 Å². The summed E-state index contributed by atoms with van der Waals surface area (Å²) in [6.07, 6.45) is 0. The van der Waals surface area contributed by atoms with Crippen LogP contribution in [0.5, 0.6) is 5.75 Å². The van der Waals surface area contributed by atoms with Crippen LogP contribution < -0.4 is 10.1 Å². The van der Waals surface area contributed by atoms with Gasteiger partial charge in [-0.1, -0.05) is 26.0 Å². The Hall–Kier alpha value is -1.75. The number of benzene rings is 1. The van der Waals surface area contributed by atoms with Crippen LogP contribution in [0.4, 0.5) is 0 Å². The van der Waals surface area contributed by atoms with E-state index in [9.17, 15) is 9.59 Å². The van der Waals surface area contributed by atoms with Gasteiger partial charge in [0.25, 0.3) is 0 Å². The summed E-state index contributed by atoms with van der Waals surface area (Å²) in [5.41, 5.74) is 0.581. The van der Waals surface area contributed by atoms with Crippen LogP contribution in [-0.2, 0) is 9.59 Å². The summed E-state index contributed by atoms with van der Waals surface area (Å²) in [5, 5.41) is 10.5. The van der Waals surface area contributed by atoms with E-state index in [1.165, 1.54) is 0 Å². The predicted molar refractivity (Wildman–Crippen MR) is 76.0 cm³/mol. The molecular weight excluding hydrogens is 282 g/mol. The maximum Gasteiger partial charge on any atom is 0.326 e. The minimum Gasteiger partial charge on any atom is -0.497 e. The number of rotatable bonds is 6. The number of ether oxygens (including phenoxy) is 1. The second-order valence-electron chi connectivity index (χ2n) is 4.70. The SMILES string of the molecule is COc1ccc(C(Cl)C(=O)NC(C(=O)O)C(C)C)cc1. The van der Waals surface area contributed by atoms with E-state index in [0.717, 1.165) is 0 Å². The number of carboxylic acids is 1. The van der Waals surface area contributed by atoms with Crippen LogP contribution in [0.1, 0.15) is 24.8 Å². The number of hydrogen-bond donors (Lipinski definition) is 2. The largest absolute Gasteiger partial charge is 0.497 e. The Labute approximate surface area is 122 Å². The molecule has 0 saturated carbocycles. The molecule has 1 rings (SSSR count). The molecule has 110 valence electrons. The number of nitrogens with one attached hydrogen (secondary N) is 1. The second kappa shape index (κ2) is 7.14. The van der Waals surface area contributed by atoms with Crippen molar-refractivity contribution in [2.24, 2.45) is 5.92 Å². The van der Waals surface area contributed by atoms with Gasteiger partial charge in [-0.25, -0.2) is 4.79 Å². The van der Waals surface area contributed by atoms with Crippen molar-refractivity contribution in [1.29, 1.82) is 0 Å². The van der Waals surface area contributed by atoms with Crippen LogP contribution in [0.3, 0.4) is 0 Å². The number of aliphatic carboxylic acids is 1. The number of carboxylic acid groups (broad SMARTS) is 1. The molecule has 0 fully saturated rings. The van der Waals surface area contributed by atoms with Crippen molar-refractivity contribution < 1.29 is 19.4 Å². The normalized spacial score (nSPS) is 13.7. The molecule has 2 atom stereocenters. The Kier molecular flexibility index (Phi) is 5.82. The summed E-state index contributed by atoms with van der Waals surface area (Å²) in [4.78, 5) is 23.0. The smallest absolute Gasteiger partial charge is 0.326 e. The van der Waals surface area contributed by atoms with Crippen molar-refractivity contribution in [1.82, 2.24) is 5.32 Å². The second-order valence-corrected chi connectivity index (χ2v) is 5.14. The highest BCUT2D eigenvalue weighted by Crippen LogP contribution is 2.23. The predicted octanol–water partition coefficient (Wildman–Crippen LogP) is 2.20. The first-order chi connectivity index (χ1) is 9.36. The van der Waals surface area contributed by atoms with Gasteiger partial charge in [-0.3, -0.25) is 4.79 Å². The lowest BCUT2D eigenvalue weighted by molar-refractivity contribution is -0.143. The molecule has 2 N–H and O–H groups in total. The molecule has 0 heterocycles. The number of carbonyl (C=O) groups is 2. The fraction of sp³-hybridized carbons (Fsp3) is 0.429. The van der Waals surface area contributed by atoms with E-state index in [2.05, 4.69) is 5.32 Å². The summed E-state index contributed by atoms with van der Waals surface area (Å²) >= 11 is 6.06. The Morgan fingerprint density at radius 1 is 1.25 bits per heavy atom. The quantitative estimate of drug-likeness (QED) is 0.790. The molecule has 2 unspecified atom stereocenters. The summed E-state index contributed by atoms with van der Waals surface area (Å²) in [5.74, 6) is -1.18. The van der Waals surface area contributed by atoms with Crippen LogP contribution in [0, 0.1) is 5.92 Å². The maximum absolute atomic E-state index is 12.0. The lowest BCUT2D eigenvalue weighted by atomic mass is 10.0. The van der Waals surface area contributed by atoms with Crippen molar-refractivity contribution >= 4 is 23.5 Å². The molecule has 0 aromatic heterocycles. The van der Waals surface area contributed by atoms with Gasteiger partial charge in [0.1, 0.15) is 17.2 Å². The summed E-state index contributed by atoms with van der Waals surface area (Å²) in [6, 6.07) is 5.76. The average molecular weight is 300 g/mol. The highest BCUT2D eigenvalue weighted by atomic mass is 35.5. The fourth-order valence-corrected chi connectivity index (χ4v) is 1.87. The highest BCUT2D eigenvalue weighted by Gasteiger charge is 2.27. The first-order valence-electron chi connectivity index (χ1n) is 6.18. The van der Waals surface area contributed by atoms with Gasteiger partial charge < -0.3 is 15.2 Å². The van der Waals surface area contributed by atoms with Crippen molar-refractivity contribution in [2.75, 3.05) is 7.11 Å². The van der Waals surface area contributed by atoms with E-state index >= 15 is 0 Å². The van der Waals surface area contributed by atoms with Gasteiger partial charge >= 0.3 is 5.97 Å².